The van der Waals surface area contributed by atoms with E-state index < -0.39 is 0 Å². The van der Waals surface area contributed by atoms with Gasteiger partial charge in [0.1, 0.15) is 5.82 Å². The number of hydrogen-bond acceptors (Lipinski definition) is 3. The van der Waals surface area contributed by atoms with Gasteiger partial charge in [0.2, 0.25) is 5.91 Å². The summed E-state index contributed by atoms with van der Waals surface area (Å²) in [4.78, 5) is 23.7. The Morgan fingerprint density at radius 1 is 1.18 bits per heavy atom. The Morgan fingerprint density at radius 2 is 2.00 bits per heavy atom. The standard InChI is InChI=1S/C17H18N4O/c1-2-16-20-14-4-3-13(9-15(14)21-16)10-17(22)19-11-12-5-7-18-8-6-12/h3-9H,2,10-11H2,1H3,(H,19,22)(H,20,21). The monoisotopic (exact) mass is 294 g/mol. The normalized spacial score (nSPS) is 10.8. The van der Waals surface area contributed by atoms with Crippen molar-refractivity contribution < 1.29 is 4.79 Å². The van der Waals surface area contributed by atoms with E-state index in [2.05, 4.69) is 27.2 Å². The van der Waals surface area contributed by atoms with Crippen molar-refractivity contribution in [2.75, 3.05) is 0 Å². The number of aromatic nitrogens is 3. The quantitative estimate of drug-likeness (QED) is 0.759. The molecule has 1 aromatic carbocycles. The Morgan fingerprint density at radius 3 is 2.77 bits per heavy atom. The average molecular weight is 294 g/mol. The van der Waals surface area contributed by atoms with Crippen LogP contribution in [0.4, 0.5) is 0 Å². The zero-order valence-corrected chi connectivity index (χ0v) is 12.5. The summed E-state index contributed by atoms with van der Waals surface area (Å²) >= 11 is 0. The third-order valence-electron chi connectivity index (χ3n) is 3.53. The lowest BCUT2D eigenvalue weighted by Gasteiger charge is -2.05. The van der Waals surface area contributed by atoms with Gasteiger partial charge in [-0.1, -0.05) is 13.0 Å². The van der Waals surface area contributed by atoms with Crippen LogP contribution in [0.2, 0.25) is 0 Å². The minimum atomic E-state index is 0.00592. The van der Waals surface area contributed by atoms with Crippen molar-refractivity contribution in [1.82, 2.24) is 20.3 Å². The minimum absolute atomic E-state index is 0.00592. The Bertz CT molecular complexity index is 780. The molecule has 0 fully saturated rings. The lowest BCUT2D eigenvalue weighted by Crippen LogP contribution is -2.24. The molecule has 0 bridgehead atoms. The number of carbonyl (C=O) groups is 1. The van der Waals surface area contributed by atoms with Crippen LogP contribution >= 0.6 is 0 Å². The molecular formula is C17H18N4O. The molecule has 112 valence electrons. The first-order valence-corrected chi connectivity index (χ1v) is 7.37. The van der Waals surface area contributed by atoms with E-state index in [1.165, 1.54) is 0 Å². The van der Waals surface area contributed by atoms with Crippen molar-refractivity contribution in [3.05, 3.63) is 59.7 Å². The second-order valence-electron chi connectivity index (χ2n) is 5.20. The molecule has 1 amide bonds. The average Bonchev–Trinajstić information content (AvgIpc) is 2.96. The maximum Gasteiger partial charge on any atom is 0.224 e. The molecule has 0 saturated heterocycles. The molecular weight excluding hydrogens is 276 g/mol. The summed E-state index contributed by atoms with van der Waals surface area (Å²) in [7, 11) is 0. The van der Waals surface area contributed by atoms with Crippen LogP contribution < -0.4 is 5.32 Å². The van der Waals surface area contributed by atoms with Crippen molar-refractivity contribution in [3.8, 4) is 0 Å². The first-order valence-electron chi connectivity index (χ1n) is 7.37. The van der Waals surface area contributed by atoms with Gasteiger partial charge >= 0.3 is 0 Å². The lowest BCUT2D eigenvalue weighted by atomic mass is 10.1. The summed E-state index contributed by atoms with van der Waals surface area (Å²) in [6.45, 7) is 2.58. The molecule has 22 heavy (non-hydrogen) atoms. The molecule has 0 aliphatic heterocycles. The van der Waals surface area contributed by atoms with Crippen LogP contribution in [0.5, 0.6) is 0 Å². The van der Waals surface area contributed by atoms with E-state index in [1.807, 2.05) is 30.3 Å². The number of hydrogen-bond donors (Lipinski definition) is 2. The van der Waals surface area contributed by atoms with Crippen molar-refractivity contribution in [2.24, 2.45) is 0 Å². The summed E-state index contributed by atoms with van der Waals surface area (Å²) in [6, 6.07) is 9.69. The molecule has 2 N–H and O–H groups in total. The van der Waals surface area contributed by atoms with Crippen LogP contribution in [-0.4, -0.2) is 20.9 Å². The third kappa shape index (κ3) is 3.31. The fourth-order valence-corrected chi connectivity index (χ4v) is 2.34. The number of amides is 1. The number of fused-ring (bicyclic) bond motifs is 1. The van der Waals surface area contributed by atoms with Crippen LogP contribution in [0, 0.1) is 0 Å². The van der Waals surface area contributed by atoms with Crippen LogP contribution in [0.1, 0.15) is 23.9 Å². The van der Waals surface area contributed by atoms with E-state index in [4.69, 9.17) is 0 Å². The van der Waals surface area contributed by atoms with Gasteiger partial charge in [-0.15, -0.1) is 0 Å². The van der Waals surface area contributed by atoms with Gasteiger partial charge in [-0.2, -0.15) is 0 Å². The third-order valence-corrected chi connectivity index (χ3v) is 3.53. The van der Waals surface area contributed by atoms with Crippen molar-refractivity contribution in [2.45, 2.75) is 26.3 Å². The van der Waals surface area contributed by atoms with Crippen molar-refractivity contribution in [3.63, 3.8) is 0 Å². The molecule has 2 heterocycles. The van der Waals surface area contributed by atoms with Crippen LogP contribution in [0.25, 0.3) is 11.0 Å². The highest BCUT2D eigenvalue weighted by molar-refractivity contribution is 5.81. The number of carbonyl (C=O) groups excluding carboxylic acids is 1. The number of rotatable bonds is 5. The molecule has 0 aliphatic carbocycles. The van der Waals surface area contributed by atoms with E-state index in [0.717, 1.165) is 34.4 Å². The number of H-pyrrole nitrogens is 1. The summed E-state index contributed by atoms with van der Waals surface area (Å²) in [5.74, 6) is 0.973. The first kappa shape index (κ1) is 14.3. The number of aryl methyl sites for hydroxylation is 1. The maximum atomic E-state index is 12.0. The lowest BCUT2D eigenvalue weighted by molar-refractivity contribution is -0.120. The molecule has 0 spiro atoms. The van der Waals surface area contributed by atoms with E-state index in [1.54, 1.807) is 12.4 Å². The Labute approximate surface area is 128 Å². The fourth-order valence-electron chi connectivity index (χ4n) is 2.34. The van der Waals surface area contributed by atoms with Gasteiger partial charge in [-0.25, -0.2) is 4.98 Å². The number of benzene rings is 1. The van der Waals surface area contributed by atoms with E-state index in [0.29, 0.717) is 13.0 Å². The topological polar surface area (TPSA) is 70.7 Å². The smallest absolute Gasteiger partial charge is 0.224 e. The van der Waals surface area contributed by atoms with Gasteiger partial charge in [0, 0.05) is 25.4 Å². The summed E-state index contributed by atoms with van der Waals surface area (Å²) < 4.78 is 0. The van der Waals surface area contributed by atoms with Gasteiger partial charge in [0.25, 0.3) is 0 Å². The maximum absolute atomic E-state index is 12.0. The highest BCUT2D eigenvalue weighted by atomic mass is 16.1. The number of aromatic amines is 1. The first-order chi connectivity index (χ1) is 10.7. The SMILES string of the molecule is CCc1nc2ccc(CC(=O)NCc3ccncc3)cc2[nH]1. The minimum Gasteiger partial charge on any atom is -0.352 e. The van der Waals surface area contributed by atoms with Gasteiger partial charge in [-0.05, 0) is 35.4 Å². The second kappa shape index (κ2) is 6.39. The van der Waals surface area contributed by atoms with Crippen LogP contribution in [-0.2, 0) is 24.2 Å². The molecule has 5 heteroatoms. The van der Waals surface area contributed by atoms with E-state index in [9.17, 15) is 4.79 Å². The molecule has 0 radical (unpaired) electrons. The highest BCUT2D eigenvalue weighted by Gasteiger charge is 2.06. The van der Waals surface area contributed by atoms with Gasteiger partial charge < -0.3 is 10.3 Å². The fraction of sp³-hybridized carbons (Fsp3) is 0.235. The molecule has 3 rings (SSSR count). The molecule has 3 aromatic rings. The van der Waals surface area contributed by atoms with Crippen molar-refractivity contribution in [1.29, 1.82) is 0 Å². The number of nitrogens with zero attached hydrogens (tertiary/aromatic N) is 2. The Balaban J connectivity index is 1.63. The van der Waals surface area contributed by atoms with Crippen LogP contribution in [0.3, 0.4) is 0 Å². The molecule has 5 nitrogen and oxygen atoms in total. The largest absolute Gasteiger partial charge is 0.352 e. The Hall–Kier alpha value is -2.69. The zero-order valence-electron chi connectivity index (χ0n) is 12.5. The second-order valence-corrected chi connectivity index (χ2v) is 5.20. The summed E-state index contributed by atoms with van der Waals surface area (Å²) in [5, 5.41) is 2.92. The molecule has 0 atom stereocenters. The molecule has 0 unspecified atom stereocenters. The molecule has 0 saturated carbocycles. The van der Waals surface area contributed by atoms with Crippen LogP contribution in [0.15, 0.2) is 42.7 Å². The number of nitrogens with one attached hydrogen (secondary N) is 2. The summed E-state index contributed by atoms with van der Waals surface area (Å²) in [6.07, 6.45) is 4.68. The van der Waals surface area contributed by atoms with Gasteiger partial charge in [0.15, 0.2) is 0 Å². The number of imidazole rings is 1. The zero-order chi connectivity index (χ0) is 15.4. The van der Waals surface area contributed by atoms with Gasteiger partial charge in [0.05, 0.1) is 17.5 Å². The molecule has 2 aromatic heterocycles. The summed E-state index contributed by atoms with van der Waals surface area (Å²) in [5.41, 5.74) is 3.94. The van der Waals surface area contributed by atoms with E-state index in [-0.39, 0.29) is 5.91 Å². The predicted octanol–water partition coefficient (Wildman–Crippen LogP) is 2.38. The number of pyridine rings is 1. The Kier molecular flexibility index (Phi) is 4.14. The van der Waals surface area contributed by atoms with E-state index >= 15 is 0 Å². The highest BCUT2D eigenvalue weighted by Crippen LogP contribution is 2.14. The van der Waals surface area contributed by atoms with Crippen molar-refractivity contribution >= 4 is 16.9 Å². The predicted molar refractivity (Wildman–Crippen MR) is 85.3 cm³/mol. The van der Waals surface area contributed by atoms with Gasteiger partial charge in [-0.3, -0.25) is 9.78 Å². The molecule has 0 aliphatic rings.